The molecule has 1 aliphatic heterocycles. The van der Waals surface area contributed by atoms with E-state index in [4.69, 9.17) is 18.9 Å². The highest BCUT2D eigenvalue weighted by molar-refractivity contribution is 5.95. The number of methoxy groups -OCH3 is 2. The predicted octanol–water partition coefficient (Wildman–Crippen LogP) is 2.59. The second-order valence-electron chi connectivity index (χ2n) is 7.69. The van der Waals surface area contributed by atoms with Crippen molar-refractivity contribution < 1.29 is 33.3 Å². The molecule has 0 bridgehead atoms. The molecule has 11 nitrogen and oxygen atoms in total. The Balaban J connectivity index is 1.66. The summed E-state index contributed by atoms with van der Waals surface area (Å²) in [6, 6.07) is 10.9. The van der Waals surface area contributed by atoms with Crippen molar-refractivity contribution in [1.82, 2.24) is 16.1 Å². The van der Waals surface area contributed by atoms with Gasteiger partial charge in [-0.2, -0.15) is 5.10 Å². The number of benzene rings is 2. The Morgan fingerprint density at radius 2 is 1.89 bits per heavy atom. The van der Waals surface area contributed by atoms with Gasteiger partial charge in [-0.3, -0.25) is 4.79 Å². The molecule has 3 amide bonds. The van der Waals surface area contributed by atoms with E-state index in [1.54, 1.807) is 43.3 Å². The van der Waals surface area contributed by atoms with E-state index < -0.39 is 23.9 Å². The maximum Gasteiger partial charge on any atom is 0.337 e. The molecular formula is C26H28N4O7. The van der Waals surface area contributed by atoms with E-state index in [-0.39, 0.29) is 17.9 Å². The third kappa shape index (κ3) is 6.88. The van der Waals surface area contributed by atoms with Crippen molar-refractivity contribution in [2.24, 2.45) is 5.10 Å². The lowest BCUT2D eigenvalue weighted by molar-refractivity contribution is -0.136. The Morgan fingerprint density at radius 3 is 2.62 bits per heavy atom. The third-order valence-corrected chi connectivity index (χ3v) is 5.22. The maximum absolute atomic E-state index is 12.3. The van der Waals surface area contributed by atoms with E-state index in [9.17, 15) is 14.4 Å². The minimum atomic E-state index is -0.764. The molecule has 0 saturated heterocycles. The molecule has 0 fully saturated rings. The zero-order valence-corrected chi connectivity index (χ0v) is 20.7. The molecule has 3 N–H and O–H groups in total. The molecule has 1 aliphatic rings. The van der Waals surface area contributed by atoms with Gasteiger partial charge in [0, 0.05) is 11.3 Å². The Morgan fingerprint density at radius 1 is 1.11 bits per heavy atom. The van der Waals surface area contributed by atoms with Crippen molar-refractivity contribution in [3.63, 3.8) is 0 Å². The van der Waals surface area contributed by atoms with Crippen LogP contribution in [-0.2, 0) is 14.3 Å². The van der Waals surface area contributed by atoms with Gasteiger partial charge < -0.3 is 29.6 Å². The van der Waals surface area contributed by atoms with Crippen LogP contribution >= 0.6 is 0 Å². The minimum Gasteiger partial charge on any atom is -0.493 e. The Labute approximate surface area is 214 Å². The lowest BCUT2D eigenvalue weighted by atomic mass is 9.95. The van der Waals surface area contributed by atoms with Crippen LogP contribution in [0, 0.1) is 0 Å². The lowest BCUT2D eigenvalue weighted by Crippen LogP contribution is -2.45. The molecule has 0 spiro atoms. The van der Waals surface area contributed by atoms with Crippen LogP contribution in [0.4, 0.5) is 4.79 Å². The average molecular weight is 509 g/mol. The Hall–Kier alpha value is -4.80. The third-order valence-electron chi connectivity index (χ3n) is 5.22. The van der Waals surface area contributed by atoms with E-state index in [0.717, 1.165) is 0 Å². The molecular weight excluding hydrogens is 480 g/mol. The zero-order chi connectivity index (χ0) is 26.8. The molecule has 2 aromatic rings. The number of amides is 3. The number of hydrogen-bond acceptors (Lipinski definition) is 8. The molecule has 3 rings (SSSR count). The predicted molar refractivity (Wildman–Crippen MR) is 135 cm³/mol. The standard InChI is InChI=1S/C26H28N4O7/c1-5-12-36-19-9-7-6-8-18(19)14-27-30-22(31)15-37-20-11-10-17(13-21(20)34-3)24-23(25(32)35-4)16(2)28-26(33)29-24/h5-11,13-14,24H,1,12,15H2,2-4H3,(H,30,31)(H2,28,29,33)/b27-14-/t24-/m0/s1. The zero-order valence-electron chi connectivity index (χ0n) is 20.7. The molecule has 1 atom stereocenters. The topological polar surface area (TPSA) is 137 Å². The summed E-state index contributed by atoms with van der Waals surface area (Å²) in [7, 11) is 2.70. The number of allylic oxidation sites excluding steroid dienone is 1. The second-order valence-corrected chi connectivity index (χ2v) is 7.69. The maximum atomic E-state index is 12.3. The van der Waals surface area contributed by atoms with Gasteiger partial charge in [-0.25, -0.2) is 15.0 Å². The molecule has 0 aliphatic carbocycles. The van der Waals surface area contributed by atoms with E-state index in [1.807, 2.05) is 12.1 Å². The summed E-state index contributed by atoms with van der Waals surface area (Å²) in [5, 5.41) is 9.22. The summed E-state index contributed by atoms with van der Waals surface area (Å²) < 4.78 is 21.4. The molecule has 1 heterocycles. The number of carbonyl (C=O) groups is 3. The van der Waals surface area contributed by atoms with E-state index >= 15 is 0 Å². The first-order valence-electron chi connectivity index (χ1n) is 11.2. The van der Waals surface area contributed by atoms with Crippen LogP contribution in [-0.4, -0.2) is 51.6 Å². The van der Waals surface area contributed by atoms with Gasteiger partial charge in [0.1, 0.15) is 12.4 Å². The molecule has 37 heavy (non-hydrogen) atoms. The smallest absolute Gasteiger partial charge is 0.337 e. The van der Waals surface area contributed by atoms with Crippen molar-refractivity contribution in [1.29, 1.82) is 0 Å². The van der Waals surface area contributed by atoms with Gasteiger partial charge in [-0.05, 0) is 36.8 Å². The van der Waals surface area contributed by atoms with Gasteiger partial charge in [0.15, 0.2) is 18.1 Å². The summed E-state index contributed by atoms with van der Waals surface area (Å²) in [6.45, 7) is 5.24. The van der Waals surface area contributed by atoms with Crippen LogP contribution in [0.25, 0.3) is 0 Å². The van der Waals surface area contributed by atoms with Gasteiger partial charge in [0.25, 0.3) is 5.91 Å². The van der Waals surface area contributed by atoms with E-state index in [2.05, 4.69) is 27.7 Å². The highest BCUT2D eigenvalue weighted by Crippen LogP contribution is 2.34. The quantitative estimate of drug-likeness (QED) is 0.184. The van der Waals surface area contributed by atoms with E-state index in [1.165, 1.54) is 20.4 Å². The normalized spacial score (nSPS) is 14.9. The fourth-order valence-corrected chi connectivity index (χ4v) is 3.52. The molecule has 0 unspecified atom stereocenters. The van der Waals surface area contributed by atoms with Gasteiger partial charge in [0.2, 0.25) is 0 Å². The highest BCUT2D eigenvalue weighted by atomic mass is 16.5. The van der Waals surface area contributed by atoms with Crippen molar-refractivity contribution in [2.75, 3.05) is 27.4 Å². The van der Waals surface area contributed by atoms with E-state index in [0.29, 0.717) is 34.9 Å². The number of hydrogen-bond donors (Lipinski definition) is 3. The molecule has 0 saturated carbocycles. The first-order chi connectivity index (χ1) is 17.9. The number of urea groups is 1. The Bertz CT molecular complexity index is 1240. The number of hydrazone groups is 1. The number of carbonyl (C=O) groups excluding carboxylic acids is 3. The number of nitrogens with zero attached hydrogens (tertiary/aromatic N) is 1. The Kier molecular flexibility index (Phi) is 9.25. The number of nitrogens with one attached hydrogen (secondary N) is 3. The summed E-state index contributed by atoms with van der Waals surface area (Å²) in [5.41, 5.74) is 4.28. The van der Waals surface area contributed by atoms with Gasteiger partial charge in [-0.15, -0.1) is 0 Å². The first-order valence-corrected chi connectivity index (χ1v) is 11.2. The molecule has 194 valence electrons. The van der Waals surface area contributed by atoms with Gasteiger partial charge in [-0.1, -0.05) is 30.9 Å². The first kappa shape index (κ1) is 26.8. The summed E-state index contributed by atoms with van der Waals surface area (Å²) in [4.78, 5) is 36.6. The van der Waals surface area contributed by atoms with Crippen molar-refractivity contribution in [3.8, 4) is 17.2 Å². The minimum absolute atomic E-state index is 0.256. The van der Waals surface area contributed by atoms with Crippen molar-refractivity contribution in [3.05, 3.63) is 77.5 Å². The molecule has 11 heteroatoms. The lowest BCUT2D eigenvalue weighted by Gasteiger charge is -2.28. The monoisotopic (exact) mass is 508 g/mol. The van der Waals surface area contributed by atoms with Crippen molar-refractivity contribution in [2.45, 2.75) is 13.0 Å². The summed E-state index contributed by atoms with van der Waals surface area (Å²) >= 11 is 0. The van der Waals surface area contributed by atoms with Crippen LogP contribution in [0.3, 0.4) is 0 Å². The fourth-order valence-electron chi connectivity index (χ4n) is 3.52. The van der Waals surface area contributed by atoms with Crippen molar-refractivity contribution >= 4 is 24.1 Å². The summed E-state index contributed by atoms with van der Waals surface area (Å²) in [6.07, 6.45) is 3.10. The average Bonchev–Trinajstić information content (AvgIpc) is 2.90. The second kappa shape index (κ2) is 12.8. The van der Waals surface area contributed by atoms with Gasteiger partial charge in [0.05, 0.1) is 32.0 Å². The highest BCUT2D eigenvalue weighted by Gasteiger charge is 2.32. The van der Waals surface area contributed by atoms with Crippen LogP contribution < -0.4 is 30.3 Å². The number of esters is 1. The number of rotatable bonds is 11. The largest absolute Gasteiger partial charge is 0.493 e. The van der Waals surface area contributed by atoms with Crippen LogP contribution in [0.5, 0.6) is 17.2 Å². The number of ether oxygens (including phenoxy) is 4. The number of para-hydroxylation sites is 1. The SMILES string of the molecule is C=CCOc1ccccc1/C=N\NC(=O)COc1ccc([C@@H]2NC(=O)NC(C)=C2C(=O)OC)cc1OC. The fraction of sp³-hybridized carbons (Fsp3) is 0.231. The van der Waals surface area contributed by atoms with Crippen LogP contribution in [0.1, 0.15) is 24.1 Å². The molecule has 0 radical (unpaired) electrons. The molecule has 2 aromatic carbocycles. The van der Waals surface area contributed by atoms with Crippen LogP contribution in [0.15, 0.2) is 71.5 Å². The van der Waals surface area contributed by atoms with Gasteiger partial charge >= 0.3 is 12.0 Å². The van der Waals surface area contributed by atoms with Crippen LogP contribution in [0.2, 0.25) is 0 Å². The molecule has 0 aromatic heterocycles. The summed E-state index contributed by atoms with van der Waals surface area (Å²) in [5.74, 6) is 0.114.